The predicted molar refractivity (Wildman–Crippen MR) is 95.1 cm³/mol. The van der Waals surface area contributed by atoms with Gasteiger partial charge in [0, 0.05) is 19.2 Å². The van der Waals surface area contributed by atoms with Crippen LogP contribution in [0.4, 0.5) is 15.8 Å². The summed E-state index contributed by atoms with van der Waals surface area (Å²) in [6.45, 7) is 1.63. The Labute approximate surface area is 150 Å². The standard InChI is InChI=1S/C16H15Cl2FN2O2S/c17-13-5-4-12(10-14(13)18)24(22,23)20-15-9-11(19)3-6-16(15)21-7-1-2-8-21/h3-6,9-10,20H,1-2,7-8H2. The Morgan fingerprint density at radius 2 is 1.71 bits per heavy atom. The first kappa shape index (κ1) is 17.3. The number of sulfonamides is 1. The fourth-order valence-electron chi connectivity index (χ4n) is 2.67. The van der Waals surface area contributed by atoms with E-state index in [4.69, 9.17) is 23.2 Å². The van der Waals surface area contributed by atoms with Crippen molar-refractivity contribution in [3.63, 3.8) is 0 Å². The monoisotopic (exact) mass is 388 g/mol. The molecule has 2 aromatic carbocycles. The molecule has 1 heterocycles. The zero-order chi connectivity index (χ0) is 17.3. The molecule has 24 heavy (non-hydrogen) atoms. The maximum Gasteiger partial charge on any atom is 0.262 e. The minimum atomic E-state index is -3.91. The van der Waals surface area contributed by atoms with Crippen LogP contribution in [0.2, 0.25) is 10.0 Å². The number of nitrogens with one attached hydrogen (secondary N) is 1. The van der Waals surface area contributed by atoms with Gasteiger partial charge >= 0.3 is 0 Å². The molecule has 0 unspecified atom stereocenters. The minimum absolute atomic E-state index is 0.0338. The lowest BCUT2D eigenvalue weighted by Gasteiger charge is -2.22. The van der Waals surface area contributed by atoms with Crippen molar-refractivity contribution in [2.24, 2.45) is 0 Å². The molecular weight excluding hydrogens is 374 g/mol. The summed E-state index contributed by atoms with van der Waals surface area (Å²) in [4.78, 5) is 2.00. The summed E-state index contributed by atoms with van der Waals surface area (Å²) in [5.41, 5.74) is 0.875. The Morgan fingerprint density at radius 3 is 2.38 bits per heavy atom. The van der Waals surface area contributed by atoms with Crippen molar-refractivity contribution in [3.8, 4) is 0 Å². The van der Waals surface area contributed by atoms with Crippen molar-refractivity contribution in [2.75, 3.05) is 22.7 Å². The molecule has 128 valence electrons. The molecule has 1 aliphatic rings. The molecule has 2 aromatic rings. The highest BCUT2D eigenvalue weighted by Crippen LogP contribution is 2.32. The quantitative estimate of drug-likeness (QED) is 0.836. The second-order valence-electron chi connectivity index (χ2n) is 5.54. The van der Waals surface area contributed by atoms with Gasteiger partial charge in [-0.05, 0) is 43.2 Å². The largest absolute Gasteiger partial charge is 0.370 e. The lowest BCUT2D eigenvalue weighted by molar-refractivity contribution is 0.601. The van der Waals surface area contributed by atoms with Gasteiger partial charge in [0.15, 0.2) is 0 Å². The zero-order valence-corrected chi connectivity index (χ0v) is 14.9. The van der Waals surface area contributed by atoms with Crippen molar-refractivity contribution in [1.82, 2.24) is 0 Å². The molecule has 0 atom stereocenters. The van der Waals surface area contributed by atoms with E-state index in [2.05, 4.69) is 4.72 Å². The minimum Gasteiger partial charge on any atom is -0.370 e. The van der Waals surface area contributed by atoms with Gasteiger partial charge in [0.1, 0.15) is 5.82 Å². The van der Waals surface area contributed by atoms with E-state index in [1.54, 1.807) is 6.07 Å². The molecule has 0 aliphatic carbocycles. The summed E-state index contributed by atoms with van der Waals surface area (Å²) < 4.78 is 41.3. The number of anilines is 2. The van der Waals surface area contributed by atoms with Gasteiger partial charge in [0.2, 0.25) is 0 Å². The van der Waals surface area contributed by atoms with Crippen molar-refractivity contribution >= 4 is 44.6 Å². The third-order valence-corrected chi connectivity index (χ3v) is 5.95. The normalized spacial score (nSPS) is 14.9. The van der Waals surface area contributed by atoms with Gasteiger partial charge < -0.3 is 4.90 Å². The van der Waals surface area contributed by atoms with E-state index >= 15 is 0 Å². The molecule has 1 N–H and O–H groups in total. The highest BCUT2D eigenvalue weighted by atomic mass is 35.5. The second-order valence-corrected chi connectivity index (χ2v) is 8.03. The highest BCUT2D eigenvalue weighted by Gasteiger charge is 2.21. The molecule has 1 aliphatic heterocycles. The molecule has 3 rings (SSSR count). The van der Waals surface area contributed by atoms with Gasteiger partial charge in [-0.3, -0.25) is 4.72 Å². The number of nitrogens with zero attached hydrogens (tertiary/aromatic N) is 1. The SMILES string of the molecule is O=S(=O)(Nc1cc(F)ccc1N1CCCC1)c1ccc(Cl)c(Cl)c1. The van der Waals surface area contributed by atoms with E-state index in [0.717, 1.165) is 25.9 Å². The predicted octanol–water partition coefficient (Wildman–Crippen LogP) is 4.53. The van der Waals surface area contributed by atoms with Gasteiger partial charge in [-0.2, -0.15) is 0 Å². The van der Waals surface area contributed by atoms with E-state index in [-0.39, 0.29) is 20.6 Å². The van der Waals surface area contributed by atoms with Crippen molar-refractivity contribution in [1.29, 1.82) is 0 Å². The van der Waals surface area contributed by atoms with Gasteiger partial charge in [-0.25, -0.2) is 12.8 Å². The molecule has 0 radical (unpaired) electrons. The van der Waals surface area contributed by atoms with Gasteiger partial charge in [-0.1, -0.05) is 23.2 Å². The number of rotatable bonds is 4. The summed E-state index contributed by atoms with van der Waals surface area (Å²) in [5.74, 6) is -0.509. The van der Waals surface area contributed by atoms with E-state index in [9.17, 15) is 12.8 Å². The molecule has 0 bridgehead atoms. The lowest BCUT2D eigenvalue weighted by atomic mass is 10.2. The molecule has 0 saturated carbocycles. The molecule has 0 amide bonds. The number of halogens is 3. The fourth-order valence-corrected chi connectivity index (χ4v) is 4.13. The van der Waals surface area contributed by atoms with Crippen LogP contribution in [0.1, 0.15) is 12.8 Å². The number of hydrogen-bond acceptors (Lipinski definition) is 3. The summed E-state index contributed by atoms with van der Waals surface area (Å²) in [6, 6.07) is 8.12. The third-order valence-electron chi connectivity index (χ3n) is 3.85. The number of benzene rings is 2. The summed E-state index contributed by atoms with van der Waals surface area (Å²) in [5, 5.41) is 0.401. The summed E-state index contributed by atoms with van der Waals surface area (Å²) in [6.07, 6.45) is 2.05. The van der Waals surface area contributed by atoms with Crippen molar-refractivity contribution in [2.45, 2.75) is 17.7 Å². The maximum atomic E-state index is 13.6. The molecule has 1 saturated heterocycles. The Bertz CT molecular complexity index is 868. The highest BCUT2D eigenvalue weighted by molar-refractivity contribution is 7.92. The van der Waals surface area contributed by atoms with E-state index in [0.29, 0.717) is 5.69 Å². The molecule has 0 aromatic heterocycles. The van der Waals surface area contributed by atoms with Crippen molar-refractivity contribution in [3.05, 3.63) is 52.3 Å². The Morgan fingerprint density at radius 1 is 1.00 bits per heavy atom. The summed E-state index contributed by atoms with van der Waals surface area (Å²) >= 11 is 11.7. The van der Waals surface area contributed by atoms with Crippen LogP contribution in [-0.2, 0) is 10.0 Å². The van der Waals surface area contributed by atoms with Crippen LogP contribution < -0.4 is 9.62 Å². The van der Waals surface area contributed by atoms with E-state index in [1.807, 2.05) is 4.90 Å². The molecule has 0 spiro atoms. The molecule has 4 nitrogen and oxygen atoms in total. The third kappa shape index (κ3) is 3.61. The average Bonchev–Trinajstić information content (AvgIpc) is 3.03. The molecule has 8 heteroatoms. The Hall–Kier alpha value is -1.50. The van der Waals surface area contributed by atoms with Crippen LogP contribution in [0.3, 0.4) is 0 Å². The van der Waals surface area contributed by atoms with Gasteiger partial charge in [-0.15, -0.1) is 0 Å². The topological polar surface area (TPSA) is 49.4 Å². The maximum absolute atomic E-state index is 13.6. The first-order valence-corrected chi connectivity index (χ1v) is 9.63. The summed E-state index contributed by atoms with van der Waals surface area (Å²) in [7, 11) is -3.91. The first-order chi connectivity index (χ1) is 11.4. The molecule has 1 fully saturated rings. The average molecular weight is 389 g/mol. The zero-order valence-electron chi connectivity index (χ0n) is 12.6. The van der Waals surface area contributed by atoms with Gasteiger partial charge in [0.05, 0.1) is 26.3 Å². The molecular formula is C16H15Cl2FN2O2S. The van der Waals surface area contributed by atoms with E-state index in [1.165, 1.54) is 30.3 Å². The van der Waals surface area contributed by atoms with E-state index < -0.39 is 15.8 Å². The van der Waals surface area contributed by atoms with Crippen LogP contribution in [0, 0.1) is 5.82 Å². The first-order valence-electron chi connectivity index (χ1n) is 7.39. The van der Waals surface area contributed by atoms with Crippen LogP contribution in [-0.4, -0.2) is 21.5 Å². The van der Waals surface area contributed by atoms with Crippen LogP contribution in [0.15, 0.2) is 41.3 Å². The van der Waals surface area contributed by atoms with Crippen molar-refractivity contribution < 1.29 is 12.8 Å². The van der Waals surface area contributed by atoms with Crippen LogP contribution in [0.5, 0.6) is 0 Å². The van der Waals surface area contributed by atoms with Crippen LogP contribution in [0.25, 0.3) is 0 Å². The van der Waals surface area contributed by atoms with Crippen LogP contribution >= 0.6 is 23.2 Å². The number of hydrogen-bond donors (Lipinski definition) is 1. The Kier molecular flexibility index (Phi) is 4.90. The second kappa shape index (κ2) is 6.78. The Balaban J connectivity index is 1.97. The lowest BCUT2D eigenvalue weighted by Crippen LogP contribution is -2.21. The fraction of sp³-hybridized carbons (Fsp3) is 0.250. The smallest absolute Gasteiger partial charge is 0.262 e. The van der Waals surface area contributed by atoms with Gasteiger partial charge in [0.25, 0.3) is 10.0 Å².